The standard InChI is InChI=1S/C10H15N3O2/c1-7-11-8(2)13(12-7)10(9(14)15)5-3-4-6-10/h3-6H2,1-2H3,(H,14,15). The maximum Gasteiger partial charge on any atom is 0.331 e. The van der Waals surface area contributed by atoms with Crippen LogP contribution in [0.3, 0.4) is 0 Å². The lowest BCUT2D eigenvalue weighted by atomic mass is 9.98. The van der Waals surface area contributed by atoms with E-state index in [0.29, 0.717) is 24.5 Å². The third-order valence-electron chi connectivity index (χ3n) is 3.11. The Hall–Kier alpha value is -1.39. The van der Waals surface area contributed by atoms with Gasteiger partial charge in [-0.3, -0.25) is 0 Å². The molecule has 0 aliphatic heterocycles. The average Bonchev–Trinajstić information content (AvgIpc) is 2.72. The van der Waals surface area contributed by atoms with Crippen molar-refractivity contribution in [2.45, 2.75) is 45.1 Å². The molecular weight excluding hydrogens is 194 g/mol. The Labute approximate surface area is 88.1 Å². The van der Waals surface area contributed by atoms with E-state index in [1.807, 2.05) is 6.92 Å². The first kappa shape index (κ1) is 10.1. The molecular formula is C10H15N3O2. The molecule has 82 valence electrons. The maximum absolute atomic E-state index is 11.4. The number of nitrogens with zero attached hydrogens (tertiary/aromatic N) is 3. The summed E-state index contributed by atoms with van der Waals surface area (Å²) >= 11 is 0. The first-order chi connectivity index (χ1) is 7.06. The summed E-state index contributed by atoms with van der Waals surface area (Å²) in [5.74, 6) is 0.546. The van der Waals surface area contributed by atoms with Gasteiger partial charge in [0.05, 0.1) is 0 Å². The Kier molecular flexibility index (Phi) is 2.25. The summed E-state index contributed by atoms with van der Waals surface area (Å²) in [6.45, 7) is 3.59. The molecule has 0 spiro atoms. The average molecular weight is 209 g/mol. The third-order valence-corrected chi connectivity index (χ3v) is 3.11. The van der Waals surface area contributed by atoms with Crippen molar-refractivity contribution in [3.05, 3.63) is 11.6 Å². The van der Waals surface area contributed by atoms with Crippen molar-refractivity contribution in [3.8, 4) is 0 Å². The molecule has 5 nitrogen and oxygen atoms in total. The predicted molar refractivity (Wildman–Crippen MR) is 53.6 cm³/mol. The van der Waals surface area contributed by atoms with Crippen molar-refractivity contribution in [1.29, 1.82) is 0 Å². The predicted octanol–water partition coefficient (Wildman–Crippen LogP) is 1.25. The maximum atomic E-state index is 11.4. The summed E-state index contributed by atoms with van der Waals surface area (Å²) in [5, 5.41) is 13.6. The molecule has 0 aromatic carbocycles. The molecule has 15 heavy (non-hydrogen) atoms. The Morgan fingerprint density at radius 3 is 2.40 bits per heavy atom. The lowest BCUT2D eigenvalue weighted by molar-refractivity contribution is -0.148. The summed E-state index contributed by atoms with van der Waals surface area (Å²) < 4.78 is 1.59. The zero-order chi connectivity index (χ0) is 11.1. The van der Waals surface area contributed by atoms with Gasteiger partial charge in [-0.2, -0.15) is 5.10 Å². The fraction of sp³-hybridized carbons (Fsp3) is 0.700. The number of aryl methyl sites for hydroxylation is 2. The zero-order valence-corrected chi connectivity index (χ0v) is 9.03. The van der Waals surface area contributed by atoms with Crippen LogP contribution in [0, 0.1) is 13.8 Å². The van der Waals surface area contributed by atoms with Gasteiger partial charge in [-0.15, -0.1) is 0 Å². The van der Waals surface area contributed by atoms with Crippen LogP contribution in [0.2, 0.25) is 0 Å². The van der Waals surface area contributed by atoms with E-state index in [1.54, 1.807) is 11.6 Å². The molecule has 0 saturated heterocycles. The van der Waals surface area contributed by atoms with Gasteiger partial charge in [-0.25, -0.2) is 14.5 Å². The van der Waals surface area contributed by atoms with E-state index in [1.165, 1.54) is 0 Å². The van der Waals surface area contributed by atoms with Crippen LogP contribution in [-0.4, -0.2) is 25.8 Å². The third kappa shape index (κ3) is 1.42. The Bertz CT molecular complexity index is 391. The fourth-order valence-electron chi connectivity index (χ4n) is 2.40. The van der Waals surface area contributed by atoms with Crippen molar-refractivity contribution in [2.24, 2.45) is 0 Å². The zero-order valence-electron chi connectivity index (χ0n) is 9.03. The lowest BCUT2D eigenvalue weighted by Gasteiger charge is -2.24. The summed E-state index contributed by atoms with van der Waals surface area (Å²) in [6.07, 6.45) is 3.22. The van der Waals surface area contributed by atoms with Gasteiger partial charge in [0.15, 0.2) is 5.54 Å². The van der Waals surface area contributed by atoms with Gasteiger partial charge in [0.1, 0.15) is 11.6 Å². The Balaban J connectivity index is 2.49. The SMILES string of the molecule is Cc1nc(C)n(C2(C(=O)O)CCCC2)n1. The first-order valence-electron chi connectivity index (χ1n) is 5.20. The van der Waals surface area contributed by atoms with E-state index in [-0.39, 0.29) is 0 Å². The highest BCUT2D eigenvalue weighted by atomic mass is 16.4. The number of rotatable bonds is 2. The van der Waals surface area contributed by atoms with Crippen LogP contribution < -0.4 is 0 Å². The lowest BCUT2D eigenvalue weighted by Crippen LogP contribution is -2.40. The monoisotopic (exact) mass is 209 g/mol. The smallest absolute Gasteiger partial charge is 0.331 e. The van der Waals surface area contributed by atoms with Crippen LogP contribution in [0.1, 0.15) is 37.3 Å². The minimum Gasteiger partial charge on any atom is -0.479 e. The molecule has 0 atom stereocenters. The van der Waals surface area contributed by atoms with Gasteiger partial charge in [-0.1, -0.05) is 12.8 Å². The fourth-order valence-corrected chi connectivity index (χ4v) is 2.40. The highest BCUT2D eigenvalue weighted by Gasteiger charge is 2.45. The molecule has 1 saturated carbocycles. The highest BCUT2D eigenvalue weighted by Crippen LogP contribution is 2.37. The summed E-state index contributed by atoms with van der Waals surface area (Å²) in [6, 6.07) is 0. The molecule has 1 aromatic rings. The second-order valence-corrected chi connectivity index (χ2v) is 4.16. The van der Waals surface area contributed by atoms with Crippen molar-refractivity contribution in [1.82, 2.24) is 14.8 Å². The molecule has 0 unspecified atom stereocenters. The van der Waals surface area contributed by atoms with Crippen LogP contribution in [0.15, 0.2) is 0 Å². The summed E-state index contributed by atoms with van der Waals surface area (Å²) in [5.41, 5.74) is -0.842. The van der Waals surface area contributed by atoms with E-state index in [4.69, 9.17) is 0 Å². The largest absolute Gasteiger partial charge is 0.479 e. The number of carbonyl (C=O) groups is 1. The number of aromatic nitrogens is 3. The molecule has 1 aliphatic rings. The highest BCUT2D eigenvalue weighted by molar-refractivity contribution is 5.77. The van der Waals surface area contributed by atoms with E-state index in [2.05, 4.69) is 10.1 Å². The van der Waals surface area contributed by atoms with E-state index in [9.17, 15) is 9.90 Å². The van der Waals surface area contributed by atoms with Gasteiger partial charge < -0.3 is 5.11 Å². The normalized spacial score (nSPS) is 19.3. The minimum absolute atomic E-state index is 0.639. The molecule has 1 aromatic heterocycles. The second-order valence-electron chi connectivity index (χ2n) is 4.16. The van der Waals surface area contributed by atoms with Crippen LogP contribution in [0.5, 0.6) is 0 Å². The molecule has 0 amide bonds. The van der Waals surface area contributed by atoms with Crippen LogP contribution in [0.25, 0.3) is 0 Å². The van der Waals surface area contributed by atoms with Gasteiger partial charge >= 0.3 is 5.97 Å². The molecule has 1 N–H and O–H groups in total. The van der Waals surface area contributed by atoms with Crippen molar-refractivity contribution in [3.63, 3.8) is 0 Å². The molecule has 1 fully saturated rings. The molecule has 5 heteroatoms. The first-order valence-corrected chi connectivity index (χ1v) is 5.20. The Morgan fingerprint density at radius 1 is 1.40 bits per heavy atom. The number of hydrogen-bond acceptors (Lipinski definition) is 3. The van der Waals surface area contributed by atoms with E-state index >= 15 is 0 Å². The van der Waals surface area contributed by atoms with Crippen LogP contribution in [0.4, 0.5) is 0 Å². The van der Waals surface area contributed by atoms with Crippen molar-refractivity contribution in [2.75, 3.05) is 0 Å². The van der Waals surface area contributed by atoms with Gasteiger partial charge in [0.2, 0.25) is 0 Å². The number of aliphatic carboxylic acids is 1. The molecule has 1 heterocycles. The number of hydrogen-bond donors (Lipinski definition) is 1. The topological polar surface area (TPSA) is 68.0 Å². The molecule has 0 bridgehead atoms. The molecule has 2 rings (SSSR count). The minimum atomic E-state index is -0.842. The van der Waals surface area contributed by atoms with Crippen molar-refractivity contribution >= 4 is 5.97 Å². The summed E-state index contributed by atoms with van der Waals surface area (Å²) in [7, 11) is 0. The van der Waals surface area contributed by atoms with Crippen LogP contribution in [-0.2, 0) is 10.3 Å². The molecule has 0 radical (unpaired) electrons. The van der Waals surface area contributed by atoms with Crippen LogP contribution >= 0.6 is 0 Å². The quantitative estimate of drug-likeness (QED) is 0.795. The van der Waals surface area contributed by atoms with Gasteiger partial charge in [0.25, 0.3) is 0 Å². The Morgan fingerprint density at radius 2 is 2.00 bits per heavy atom. The second kappa shape index (κ2) is 3.32. The van der Waals surface area contributed by atoms with E-state index in [0.717, 1.165) is 12.8 Å². The number of carboxylic acids is 1. The molecule has 1 aliphatic carbocycles. The van der Waals surface area contributed by atoms with Gasteiger partial charge in [0, 0.05) is 0 Å². The van der Waals surface area contributed by atoms with E-state index < -0.39 is 11.5 Å². The number of carboxylic acid groups (broad SMARTS) is 1. The summed E-state index contributed by atoms with van der Waals surface area (Å²) in [4.78, 5) is 15.6. The van der Waals surface area contributed by atoms with Gasteiger partial charge in [-0.05, 0) is 26.7 Å². The van der Waals surface area contributed by atoms with Crippen molar-refractivity contribution < 1.29 is 9.90 Å².